The maximum atomic E-state index is 13.1. The Morgan fingerprint density at radius 3 is 2.44 bits per heavy atom. The Morgan fingerprint density at radius 2 is 1.81 bits per heavy atom. The van der Waals surface area contributed by atoms with E-state index in [-0.39, 0.29) is 11.2 Å². The SMILES string of the molecule is CN(C=O)c1ccc(-c2nsc(NCC(C)(C)c3ccc(F)cc3)n2)cc1. The van der Waals surface area contributed by atoms with Gasteiger partial charge in [0, 0.05) is 41.8 Å². The van der Waals surface area contributed by atoms with Crippen LogP contribution in [0, 0.1) is 5.82 Å². The molecule has 0 bridgehead atoms. The Morgan fingerprint density at radius 1 is 1.15 bits per heavy atom. The third-order valence-electron chi connectivity index (χ3n) is 4.42. The summed E-state index contributed by atoms with van der Waals surface area (Å²) < 4.78 is 17.5. The molecule has 0 spiro atoms. The highest BCUT2D eigenvalue weighted by Crippen LogP contribution is 2.27. The van der Waals surface area contributed by atoms with Crippen molar-refractivity contribution in [2.24, 2.45) is 0 Å². The fourth-order valence-corrected chi connectivity index (χ4v) is 3.20. The number of rotatable bonds is 7. The third-order valence-corrected chi connectivity index (χ3v) is 5.10. The van der Waals surface area contributed by atoms with Gasteiger partial charge in [0.05, 0.1) is 0 Å². The van der Waals surface area contributed by atoms with Gasteiger partial charge >= 0.3 is 0 Å². The van der Waals surface area contributed by atoms with Crippen LogP contribution in [0.2, 0.25) is 0 Å². The molecule has 3 aromatic rings. The average Bonchev–Trinajstić information content (AvgIpc) is 3.15. The van der Waals surface area contributed by atoms with Gasteiger partial charge in [0.25, 0.3) is 0 Å². The average molecular weight is 384 g/mol. The molecule has 1 amide bonds. The Bertz CT molecular complexity index is 906. The number of carbonyl (C=O) groups excluding carboxylic acids is 1. The molecule has 27 heavy (non-hydrogen) atoms. The Balaban J connectivity index is 1.67. The summed E-state index contributed by atoms with van der Waals surface area (Å²) >= 11 is 1.30. The van der Waals surface area contributed by atoms with Gasteiger partial charge in [-0.15, -0.1) is 0 Å². The summed E-state index contributed by atoms with van der Waals surface area (Å²) in [7, 11) is 1.70. The zero-order chi connectivity index (χ0) is 19.4. The predicted octanol–water partition coefficient (Wildman–Crippen LogP) is 4.33. The first-order chi connectivity index (χ1) is 12.9. The van der Waals surface area contributed by atoms with E-state index < -0.39 is 0 Å². The first kappa shape index (κ1) is 19.0. The summed E-state index contributed by atoms with van der Waals surface area (Å²) in [6.45, 7) is 4.84. The minimum absolute atomic E-state index is 0.180. The van der Waals surface area contributed by atoms with Crippen molar-refractivity contribution in [3.63, 3.8) is 0 Å². The highest BCUT2D eigenvalue weighted by Gasteiger charge is 2.21. The summed E-state index contributed by atoms with van der Waals surface area (Å²) in [5.74, 6) is 0.407. The molecule has 0 aliphatic rings. The fourth-order valence-electron chi connectivity index (χ4n) is 2.62. The number of hydrogen-bond donors (Lipinski definition) is 1. The van der Waals surface area contributed by atoms with E-state index in [1.54, 1.807) is 19.2 Å². The number of aromatic nitrogens is 2. The number of carbonyl (C=O) groups is 1. The van der Waals surface area contributed by atoms with E-state index in [4.69, 9.17) is 0 Å². The quantitative estimate of drug-likeness (QED) is 0.616. The first-order valence-electron chi connectivity index (χ1n) is 8.51. The van der Waals surface area contributed by atoms with E-state index in [0.717, 1.165) is 28.4 Å². The normalized spacial score (nSPS) is 11.3. The second kappa shape index (κ2) is 7.84. The Kier molecular flexibility index (Phi) is 5.51. The van der Waals surface area contributed by atoms with Crippen LogP contribution in [0.1, 0.15) is 19.4 Å². The van der Waals surface area contributed by atoms with Crippen LogP contribution in [0.5, 0.6) is 0 Å². The van der Waals surface area contributed by atoms with Crippen molar-refractivity contribution in [2.75, 3.05) is 23.8 Å². The maximum absolute atomic E-state index is 13.1. The molecule has 1 aromatic heterocycles. The van der Waals surface area contributed by atoms with Crippen LogP contribution in [0.3, 0.4) is 0 Å². The molecule has 0 unspecified atom stereocenters. The summed E-state index contributed by atoms with van der Waals surface area (Å²) in [5.41, 5.74) is 2.57. The van der Waals surface area contributed by atoms with Crippen molar-refractivity contribution in [3.8, 4) is 11.4 Å². The van der Waals surface area contributed by atoms with Gasteiger partial charge in [0.1, 0.15) is 5.82 Å². The number of nitrogens with one attached hydrogen (secondary N) is 1. The summed E-state index contributed by atoms with van der Waals surface area (Å²) in [5, 5.41) is 4.05. The third kappa shape index (κ3) is 4.49. The van der Waals surface area contributed by atoms with E-state index in [2.05, 4.69) is 28.5 Å². The number of nitrogens with zero attached hydrogens (tertiary/aromatic N) is 3. The van der Waals surface area contributed by atoms with E-state index in [1.165, 1.54) is 28.6 Å². The lowest BCUT2D eigenvalue weighted by atomic mass is 9.85. The zero-order valence-corrected chi connectivity index (χ0v) is 16.3. The van der Waals surface area contributed by atoms with E-state index in [0.29, 0.717) is 12.4 Å². The monoisotopic (exact) mass is 384 g/mol. The standard InChI is InChI=1S/C20H21FN4OS/c1-20(2,15-6-8-16(21)9-7-15)12-22-19-23-18(24-27-19)14-4-10-17(11-5-14)25(3)13-26/h4-11,13H,12H2,1-3H3,(H,22,23,24). The van der Waals surface area contributed by atoms with Crippen molar-refractivity contribution in [1.29, 1.82) is 0 Å². The summed E-state index contributed by atoms with van der Waals surface area (Å²) in [4.78, 5) is 16.9. The zero-order valence-electron chi connectivity index (χ0n) is 15.4. The molecule has 0 atom stereocenters. The van der Waals surface area contributed by atoms with Gasteiger partial charge < -0.3 is 10.2 Å². The molecule has 1 N–H and O–H groups in total. The molecular weight excluding hydrogens is 363 g/mol. The van der Waals surface area contributed by atoms with Crippen LogP contribution in [-0.4, -0.2) is 29.4 Å². The lowest BCUT2D eigenvalue weighted by Crippen LogP contribution is -2.27. The highest BCUT2D eigenvalue weighted by molar-refractivity contribution is 7.09. The van der Waals surface area contributed by atoms with Crippen molar-refractivity contribution in [3.05, 3.63) is 59.9 Å². The van der Waals surface area contributed by atoms with E-state index in [1.807, 2.05) is 24.3 Å². The smallest absolute Gasteiger partial charge is 0.213 e. The van der Waals surface area contributed by atoms with Crippen LogP contribution in [0.15, 0.2) is 48.5 Å². The molecule has 0 saturated heterocycles. The van der Waals surface area contributed by atoms with Gasteiger partial charge in [-0.25, -0.2) is 4.39 Å². The number of benzene rings is 2. The molecule has 3 rings (SSSR count). The molecule has 140 valence electrons. The molecule has 2 aromatic carbocycles. The van der Waals surface area contributed by atoms with Crippen molar-refractivity contribution in [2.45, 2.75) is 19.3 Å². The van der Waals surface area contributed by atoms with Gasteiger partial charge in [-0.1, -0.05) is 26.0 Å². The largest absolute Gasteiger partial charge is 0.359 e. The molecule has 0 radical (unpaired) electrons. The van der Waals surface area contributed by atoms with Gasteiger partial charge in [-0.3, -0.25) is 4.79 Å². The van der Waals surface area contributed by atoms with Crippen molar-refractivity contribution >= 4 is 28.8 Å². The van der Waals surface area contributed by atoms with Crippen LogP contribution in [0.4, 0.5) is 15.2 Å². The minimum atomic E-state index is -0.235. The molecule has 7 heteroatoms. The molecule has 5 nitrogen and oxygen atoms in total. The summed E-state index contributed by atoms with van der Waals surface area (Å²) in [6, 6.07) is 14.1. The fraction of sp³-hybridized carbons (Fsp3) is 0.250. The first-order valence-corrected chi connectivity index (χ1v) is 9.28. The van der Waals surface area contributed by atoms with Gasteiger partial charge in [-0.05, 0) is 42.0 Å². The number of hydrogen-bond acceptors (Lipinski definition) is 5. The van der Waals surface area contributed by atoms with Crippen LogP contribution < -0.4 is 10.2 Å². The predicted molar refractivity (Wildman–Crippen MR) is 108 cm³/mol. The summed E-state index contributed by atoms with van der Waals surface area (Å²) in [6.07, 6.45) is 0.765. The molecule has 0 fully saturated rings. The number of amides is 1. The van der Waals surface area contributed by atoms with Crippen LogP contribution in [0.25, 0.3) is 11.4 Å². The lowest BCUT2D eigenvalue weighted by Gasteiger charge is -2.25. The maximum Gasteiger partial charge on any atom is 0.213 e. The topological polar surface area (TPSA) is 58.1 Å². The Hall–Kier alpha value is -2.80. The highest BCUT2D eigenvalue weighted by atomic mass is 32.1. The van der Waals surface area contributed by atoms with Gasteiger partial charge in [0.15, 0.2) is 5.82 Å². The van der Waals surface area contributed by atoms with E-state index in [9.17, 15) is 9.18 Å². The van der Waals surface area contributed by atoms with Gasteiger partial charge in [-0.2, -0.15) is 9.36 Å². The Labute approximate surface area is 162 Å². The lowest BCUT2D eigenvalue weighted by molar-refractivity contribution is -0.107. The molecule has 0 aliphatic carbocycles. The molecule has 1 heterocycles. The van der Waals surface area contributed by atoms with Crippen LogP contribution in [-0.2, 0) is 10.2 Å². The minimum Gasteiger partial charge on any atom is -0.359 e. The molecular formula is C20H21FN4OS. The number of anilines is 2. The van der Waals surface area contributed by atoms with Crippen molar-refractivity contribution in [1.82, 2.24) is 9.36 Å². The van der Waals surface area contributed by atoms with Crippen LogP contribution >= 0.6 is 11.5 Å². The van der Waals surface area contributed by atoms with Gasteiger partial charge in [0.2, 0.25) is 11.5 Å². The second-order valence-electron chi connectivity index (χ2n) is 6.93. The second-order valence-corrected chi connectivity index (χ2v) is 7.68. The van der Waals surface area contributed by atoms with E-state index >= 15 is 0 Å². The number of halogens is 1. The molecule has 0 aliphatic heterocycles. The van der Waals surface area contributed by atoms with Crippen molar-refractivity contribution < 1.29 is 9.18 Å². The molecule has 0 saturated carbocycles.